The van der Waals surface area contributed by atoms with E-state index in [4.69, 9.17) is 27.9 Å². The lowest BCUT2D eigenvalue weighted by molar-refractivity contribution is -0.137. The number of nitrogens with zero attached hydrogens (tertiary/aromatic N) is 2. The van der Waals surface area contributed by atoms with Crippen LogP contribution in [0.4, 0.5) is 5.69 Å². The molecule has 0 atom stereocenters. The highest BCUT2D eigenvalue weighted by Gasteiger charge is 2.21. The third-order valence-electron chi connectivity index (χ3n) is 3.88. The summed E-state index contributed by atoms with van der Waals surface area (Å²) in [6.07, 6.45) is 0.341. The molecule has 1 heterocycles. The Hall–Kier alpha value is -1.34. The lowest BCUT2D eigenvalue weighted by Gasteiger charge is -2.34. The number of benzene rings is 1. The Morgan fingerprint density at radius 1 is 1.17 bits per heavy atom. The van der Waals surface area contributed by atoms with Crippen LogP contribution >= 0.6 is 23.2 Å². The standard InChI is InChI=1S/C16H21Cl2N3O3/c1-24-11-15(23)21-9-7-20(8-10-21)6-5-14(22)19-16-12(17)3-2-4-13(16)18/h2-4H,5-11H2,1H3,(H,19,22). The van der Waals surface area contributed by atoms with Crippen molar-refractivity contribution in [1.29, 1.82) is 0 Å². The molecule has 0 aliphatic carbocycles. The monoisotopic (exact) mass is 373 g/mol. The Kier molecular flexibility index (Phi) is 7.30. The second kappa shape index (κ2) is 9.22. The number of halogens is 2. The molecule has 0 unspecified atom stereocenters. The van der Waals surface area contributed by atoms with E-state index < -0.39 is 0 Å². The summed E-state index contributed by atoms with van der Waals surface area (Å²) >= 11 is 12.1. The average Bonchev–Trinajstić information content (AvgIpc) is 2.57. The fourth-order valence-electron chi connectivity index (χ4n) is 2.51. The number of methoxy groups -OCH3 is 1. The first-order valence-corrected chi connectivity index (χ1v) is 8.49. The van der Waals surface area contributed by atoms with Gasteiger partial charge in [0.2, 0.25) is 11.8 Å². The van der Waals surface area contributed by atoms with Gasteiger partial charge in [0.25, 0.3) is 0 Å². The summed E-state index contributed by atoms with van der Waals surface area (Å²) < 4.78 is 4.86. The highest BCUT2D eigenvalue weighted by Crippen LogP contribution is 2.29. The zero-order valence-corrected chi connectivity index (χ0v) is 15.1. The molecule has 1 aliphatic heterocycles. The molecule has 1 saturated heterocycles. The molecule has 132 valence electrons. The minimum absolute atomic E-state index is 0.00301. The van der Waals surface area contributed by atoms with E-state index >= 15 is 0 Å². The molecule has 1 aliphatic rings. The molecule has 0 spiro atoms. The van der Waals surface area contributed by atoms with Crippen LogP contribution < -0.4 is 5.32 Å². The molecule has 8 heteroatoms. The first-order valence-electron chi connectivity index (χ1n) is 7.74. The van der Waals surface area contributed by atoms with Gasteiger partial charge in [-0.25, -0.2) is 0 Å². The summed E-state index contributed by atoms with van der Waals surface area (Å²) in [5, 5.41) is 3.59. The van der Waals surface area contributed by atoms with E-state index in [9.17, 15) is 9.59 Å². The van der Waals surface area contributed by atoms with Crippen LogP contribution in [0.3, 0.4) is 0 Å². The summed E-state index contributed by atoms with van der Waals surface area (Å²) in [4.78, 5) is 27.8. The maximum Gasteiger partial charge on any atom is 0.248 e. The average molecular weight is 374 g/mol. The van der Waals surface area contributed by atoms with Crippen molar-refractivity contribution in [3.05, 3.63) is 28.2 Å². The van der Waals surface area contributed by atoms with Gasteiger partial charge in [0.1, 0.15) is 6.61 Å². The molecular formula is C16H21Cl2N3O3. The quantitative estimate of drug-likeness (QED) is 0.829. The molecule has 1 N–H and O–H groups in total. The first-order chi connectivity index (χ1) is 11.5. The van der Waals surface area contributed by atoms with Crippen molar-refractivity contribution in [1.82, 2.24) is 9.80 Å². The van der Waals surface area contributed by atoms with E-state index in [0.29, 0.717) is 41.8 Å². The zero-order chi connectivity index (χ0) is 17.5. The predicted molar refractivity (Wildman–Crippen MR) is 94.6 cm³/mol. The number of carbonyl (C=O) groups excluding carboxylic acids is 2. The number of anilines is 1. The maximum atomic E-state index is 12.1. The second-order valence-corrected chi connectivity index (χ2v) is 6.36. The minimum Gasteiger partial charge on any atom is -0.375 e. The highest BCUT2D eigenvalue weighted by molar-refractivity contribution is 6.39. The Labute approximate surface area is 151 Å². The molecule has 2 rings (SSSR count). The molecule has 24 heavy (non-hydrogen) atoms. The summed E-state index contributed by atoms with van der Waals surface area (Å²) in [6.45, 7) is 3.53. The summed E-state index contributed by atoms with van der Waals surface area (Å²) in [7, 11) is 1.51. The van der Waals surface area contributed by atoms with Crippen LogP contribution in [0.25, 0.3) is 0 Å². The van der Waals surface area contributed by atoms with Crippen molar-refractivity contribution < 1.29 is 14.3 Å². The number of hydrogen-bond donors (Lipinski definition) is 1. The Morgan fingerprint density at radius 2 is 1.79 bits per heavy atom. The van der Waals surface area contributed by atoms with Gasteiger partial charge in [-0.3, -0.25) is 14.5 Å². The third-order valence-corrected chi connectivity index (χ3v) is 4.51. The smallest absolute Gasteiger partial charge is 0.248 e. The van der Waals surface area contributed by atoms with Crippen LogP contribution in [-0.4, -0.2) is 68.1 Å². The highest BCUT2D eigenvalue weighted by atomic mass is 35.5. The van der Waals surface area contributed by atoms with Crippen LogP contribution in [0.2, 0.25) is 10.0 Å². The van der Waals surface area contributed by atoms with Gasteiger partial charge in [0, 0.05) is 46.3 Å². The molecule has 6 nitrogen and oxygen atoms in total. The van der Waals surface area contributed by atoms with Crippen LogP contribution in [0, 0.1) is 0 Å². The van der Waals surface area contributed by atoms with Gasteiger partial charge in [-0.2, -0.15) is 0 Å². The number of nitrogens with one attached hydrogen (secondary N) is 1. The molecule has 0 radical (unpaired) electrons. The normalized spacial score (nSPS) is 15.4. The van der Waals surface area contributed by atoms with Gasteiger partial charge in [-0.15, -0.1) is 0 Å². The Bertz CT molecular complexity index is 570. The summed E-state index contributed by atoms with van der Waals surface area (Å²) in [6, 6.07) is 5.09. The summed E-state index contributed by atoms with van der Waals surface area (Å²) in [5.74, 6) is -0.133. The van der Waals surface area contributed by atoms with Crippen molar-refractivity contribution in [3.8, 4) is 0 Å². The van der Waals surface area contributed by atoms with Gasteiger partial charge < -0.3 is 15.0 Å². The molecular weight excluding hydrogens is 353 g/mol. The van der Waals surface area contributed by atoms with Gasteiger partial charge >= 0.3 is 0 Å². The lowest BCUT2D eigenvalue weighted by atomic mass is 10.2. The molecule has 1 aromatic carbocycles. The zero-order valence-electron chi connectivity index (χ0n) is 13.6. The molecule has 2 amide bonds. The Balaban J connectivity index is 1.74. The molecule has 1 aromatic rings. The topological polar surface area (TPSA) is 61.9 Å². The van der Waals surface area contributed by atoms with Gasteiger partial charge in [0.15, 0.2) is 0 Å². The predicted octanol–water partition coefficient (Wildman–Crippen LogP) is 2.11. The van der Waals surface area contributed by atoms with Crippen molar-refractivity contribution in [2.24, 2.45) is 0 Å². The first kappa shape index (κ1) is 19.0. The van der Waals surface area contributed by atoms with Gasteiger partial charge in [-0.1, -0.05) is 29.3 Å². The molecule has 0 aromatic heterocycles. The molecule has 0 bridgehead atoms. The number of carbonyl (C=O) groups is 2. The van der Waals surface area contributed by atoms with E-state index in [1.807, 2.05) is 0 Å². The maximum absolute atomic E-state index is 12.1. The Morgan fingerprint density at radius 3 is 2.38 bits per heavy atom. The van der Waals surface area contributed by atoms with Crippen LogP contribution in [0.1, 0.15) is 6.42 Å². The number of rotatable bonds is 6. The van der Waals surface area contributed by atoms with Crippen molar-refractivity contribution in [3.63, 3.8) is 0 Å². The van der Waals surface area contributed by atoms with E-state index in [-0.39, 0.29) is 18.4 Å². The molecule has 1 fully saturated rings. The van der Waals surface area contributed by atoms with Crippen LogP contribution in [-0.2, 0) is 14.3 Å². The van der Waals surface area contributed by atoms with Gasteiger partial charge in [0.05, 0.1) is 15.7 Å². The number of ether oxygens (including phenoxy) is 1. The van der Waals surface area contributed by atoms with E-state index in [2.05, 4.69) is 10.2 Å². The third kappa shape index (κ3) is 5.34. The van der Waals surface area contributed by atoms with E-state index in [1.165, 1.54) is 7.11 Å². The lowest BCUT2D eigenvalue weighted by Crippen LogP contribution is -2.50. The van der Waals surface area contributed by atoms with Crippen molar-refractivity contribution >= 4 is 40.7 Å². The van der Waals surface area contributed by atoms with Crippen molar-refractivity contribution in [2.45, 2.75) is 6.42 Å². The SMILES string of the molecule is COCC(=O)N1CCN(CCC(=O)Nc2c(Cl)cccc2Cl)CC1. The van der Waals surface area contributed by atoms with Crippen molar-refractivity contribution in [2.75, 3.05) is 51.8 Å². The van der Waals surface area contributed by atoms with Crippen LogP contribution in [0.15, 0.2) is 18.2 Å². The fraction of sp³-hybridized carbons (Fsp3) is 0.500. The van der Waals surface area contributed by atoms with E-state index in [0.717, 1.165) is 13.1 Å². The summed E-state index contributed by atoms with van der Waals surface area (Å²) in [5.41, 5.74) is 0.445. The number of piperazine rings is 1. The molecule has 0 saturated carbocycles. The number of para-hydroxylation sites is 1. The van der Waals surface area contributed by atoms with E-state index in [1.54, 1.807) is 23.1 Å². The van der Waals surface area contributed by atoms with Crippen LogP contribution in [0.5, 0.6) is 0 Å². The minimum atomic E-state index is -0.136. The second-order valence-electron chi connectivity index (χ2n) is 5.55. The fourth-order valence-corrected chi connectivity index (χ4v) is 3.01. The van der Waals surface area contributed by atoms with Gasteiger partial charge in [-0.05, 0) is 12.1 Å². The number of amides is 2. The number of hydrogen-bond acceptors (Lipinski definition) is 4. The largest absolute Gasteiger partial charge is 0.375 e.